The van der Waals surface area contributed by atoms with Gasteiger partial charge in [0.1, 0.15) is 6.04 Å². The number of thioether (sulfide) groups is 1. The summed E-state index contributed by atoms with van der Waals surface area (Å²) in [6, 6.07) is -1.57. The average molecular weight is 262 g/mol. The van der Waals surface area contributed by atoms with Crippen molar-refractivity contribution in [3.8, 4) is 0 Å². The summed E-state index contributed by atoms with van der Waals surface area (Å²) < 4.78 is 0. The Labute approximate surface area is 107 Å². The molecule has 0 aromatic heterocycles. The van der Waals surface area contributed by atoms with Crippen molar-refractivity contribution in [2.45, 2.75) is 39.3 Å². The van der Waals surface area contributed by atoms with Gasteiger partial charge in [0.2, 0.25) is 5.91 Å². The van der Waals surface area contributed by atoms with E-state index in [0.717, 1.165) is 5.75 Å². The van der Waals surface area contributed by atoms with Crippen LogP contribution in [0.25, 0.3) is 0 Å². The summed E-state index contributed by atoms with van der Waals surface area (Å²) >= 11 is 1.60. The molecule has 0 aliphatic rings. The smallest absolute Gasteiger partial charge is 0.326 e. The number of nitrogens with one attached hydrogen (secondary N) is 1. The Balaban J connectivity index is 4.47. The molecule has 5 nitrogen and oxygen atoms in total. The molecule has 0 aliphatic heterocycles. The first kappa shape index (κ1) is 16.2. The first-order valence-electron chi connectivity index (χ1n) is 5.48. The molecule has 17 heavy (non-hydrogen) atoms. The highest BCUT2D eigenvalue weighted by Gasteiger charge is 2.33. The fourth-order valence-electron chi connectivity index (χ4n) is 1.27. The van der Waals surface area contributed by atoms with Gasteiger partial charge in [0.15, 0.2) is 0 Å². The molecule has 0 aromatic rings. The van der Waals surface area contributed by atoms with Crippen molar-refractivity contribution in [3.05, 3.63) is 0 Å². The maximum absolute atomic E-state index is 11.7. The molecule has 0 rings (SSSR count). The molecule has 100 valence electrons. The maximum atomic E-state index is 11.7. The number of nitrogens with two attached hydrogens (primary N) is 1. The quantitative estimate of drug-likeness (QED) is 0.654. The summed E-state index contributed by atoms with van der Waals surface area (Å²) in [5, 5.41) is 11.5. The highest BCUT2D eigenvalue weighted by molar-refractivity contribution is 7.98. The van der Waals surface area contributed by atoms with Gasteiger partial charge in [0.05, 0.1) is 6.04 Å². The number of carbonyl (C=O) groups is 2. The summed E-state index contributed by atoms with van der Waals surface area (Å²) in [6.45, 7) is 5.29. The summed E-state index contributed by atoms with van der Waals surface area (Å²) in [4.78, 5) is 22.8. The van der Waals surface area contributed by atoms with Crippen LogP contribution in [0.3, 0.4) is 0 Å². The van der Waals surface area contributed by atoms with E-state index in [1.165, 1.54) is 0 Å². The Morgan fingerprint density at radius 2 is 1.94 bits per heavy atom. The minimum absolute atomic E-state index is 0.402. The lowest BCUT2D eigenvalue weighted by Gasteiger charge is -2.28. The van der Waals surface area contributed by atoms with Crippen molar-refractivity contribution in [1.82, 2.24) is 5.32 Å². The number of rotatable bonds is 6. The molecule has 4 N–H and O–H groups in total. The van der Waals surface area contributed by atoms with Crippen molar-refractivity contribution in [1.29, 1.82) is 0 Å². The van der Waals surface area contributed by atoms with Crippen LogP contribution >= 0.6 is 11.8 Å². The molecule has 0 aliphatic carbocycles. The van der Waals surface area contributed by atoms with Crippen LogP contribution in [0.5, 0.6) is 0 Å². The van der Waals surface area contributed by atoms with Gasteiger partial charge in [0, 0.05) is 0 Å². The number of carbonyl (C=O) groups excluding carboxylic acids is 1. The van der Waals surface area contributed by atoms with Crippen molar-refractivity contribution >= 4 is 23.6 Å². The monoisotopic (exact) mass is 262 g/mol. The van der Waals surface area contributed by atoms with Crippen LogP contribution in [0.15, 0.2) is 0 Å². The van der Waals surface area contributed by atoms with Crippen LogP contribution in [-0.2, 0) is 9.59 Å². The van der Waals surface area contributed by atoms with Gasteiger partial charge in [-0.05, 0) is 23.8 Å². The van der Waals surface area contributed by atoms with Gasteiger partial charge in [-0.25, -0.2) is 4.79 Å². The summed E-state index contributed by atoms with van der Waals surface area (Å²) in [5.74, 6) is -0.661. The molecule has 0 saturated carbocycles. The van der Waals surface area contributed by atoms with E-state index >= 15 is 0 Å². The third kappa shape index (κ3) is 5.93. The van der Waals surface area contributed by atoms with Crippen LogP contribution in [0.2, 0.25) is 0 Å². The van der Waals surface area contributed by atoms with Gasteiger partial charge in [-0.3, -0.25) is 4.79 Å². The third-order valence-electron chi connectivity index (χ3n) is 2.37. The molecule has 1 amide bonds. The molecule has 2 atom stereocenters. The Bertz CT molecular complexity index is 276. The lowest BCUT2D eigenvalue weighted by Crippen LogP contribution is -2.53. The third-order valence-corrected chi connectivity index (χ3v) is 3.01. The van der Waals surface area contributed by atoms with Crippen molar-refractivity contribution in [3.63, 3.8) is 0 Å². The summed E-state index contributed by atoms with van der Waals surface area (Å²) in [6.07, 6.45) is 2.48. The van der Waals surface area contributed by atoms with E-state index in [-0.39, 0.29) is 0 Å². The van der Waals surface area contributed by atoms with E-state index < -0.39 is 29.4 Å². The summed E-state index contributed by atoms with van der Waals surface area (Å²) in [7, 11) is 0. The van der Waals surface area contributed by atoms with Crippen molar-refractivity contribution in [2.75, 3.05) is 12.0 Å². The first-order valence-corrected chi connectivity index (χ1v) is 6.87. The minimum Gasteiger partial charge on any atom is -0.480 e. The minimum atomic E-state index is -1.04. The van der Waals surface area contributed by atoms with Gasteiger partial charge in [-0.2, -0.15) is 11.8 Å². The zero-order valence-corrected chi connectivity index (χ0v) is 11.6. The van der Waals surface area contributed by atoms with Gasteiger partial charge >= 0.3 is 5.97 Å². The second kappa shape index (κ2) is 6.86. The van der Waals surface area contributed by atoms with Gasteiger partial charge in [-0.1, -0.05) is 20.8 Å². The predicted molar refractivity (Wildman–Crippen MR) is 70.0 cm³/mol. The molecular weight excluding hydrogens is 240 g/mol. The highest BCUT2D eigenvalue weighted by Crippen LogP contribution is 2.19. The lowest BCUT2D eigenvalue weighted by atomic mass is 9.86. The molecule has 0 fully saturated rings. The fourth-order valence-corrected chi connectivity index (χ4v) is 1.76. The fraction of sp³-hybridized carbons (Fsp3) is 0.818. The number of carboxylic acid groups (broad SMARTS) is 1. The van der Waals surface area contributed by atoms with E-state index in [1.54, 1.807) is 32.5 Å². The Kier molecular flexibility index (Phi) is 6.56. The zero-order chi connectivity index (χ0) is 13.6. The molecule has 6 heteroatoms. The number of aliphatic carboxylic acids is 1. The van der Waals surface area contributed by atoms with Crippen LogP contribution in [-0.4, -0.2) is 41.1 Å². The molecule has 0 bridgehead atoms. The van der Waals surface area contributed by atoms with Crippen molar-refractivity contribution < 1.29 is 14.7 Å². The lowest BCUT2D eigenvalue weighted by molar-refractivity contribution is -0.145. The van der Waals surface area contributed by atoms with E-state index in [4.69, 9.17) is 10.8 Å². The normalized spacial score (nSPS) is 15.1. The first-order chi connectivity index (χ1) is 7.70. The van der Waals surface area contributed by atoms with Gasteiger partial charge in [0.25, 0.3) is 0 Å². The SMILES string of the molecule is CSCC[C@H](N)C(=O)N[C@H](C(=O)O)C(C)(C)C. The Hall–Kier alpha value is -0.750. The van der Waals surface area contributed by atoms with E-state index in [1.807, 2.05) is 6.26 Å². The Morgan fingerprint density at radius 3 is 2.29 bits per heavy atom. The predicted octanol–water partition coefficient (Wildman–Crippen LogP) is 0.682. The van der Waals surface area contributed by atoms with Crippen LogP contribution in [0, 0.1) is 5.41 Å². The highest BCUT2D eigenvalue weighted by atomic mass is 32.2. The van der Waals surface area contributed by atoms with Crippen LogP contribution < -0.4 is 11.1 Å². The van der Waals surface area contributed by atoms with Crippen molar-refractivity contribution in [2.24, 2.45) is 11.1 Å². The standard InChI is InChI=1S/C11H22N2O3S/c1-11(2,3)8(10(15)16)13-9(14)7(12)5-6-17-4/h7-8H,5-6,12H2,1-4H3,(H,13,14)(H,15,16)/t7-,8+/m0/s1. The van der Waals surface area contributed by atoms with Crippen LogP contribution in [0.1, 0.15) is 27.2 Å². The molecule has 0 heterocycles. The van der Waals surface area contributed by atoms with Gasteiger partial charge in [-0.15, -0.1) is 0 Å². The number of carboxylic acids is 1. The summed E-state index contributed by atoms with van der Waals surface area (Å²) in [5.41, 5.74) is 5.14. The molecule has 0 spiro atoms. The average Bonchev–Trinajstić information content (AvgIpc) is 2.19. The number of hydrogen-bond acceptors (Lipinski definition) is 4. The zero-order valence-electron chi connectivity index (χ0n) is 10.8. The molecule has 0 aromatic carbocycles. The largest absolute Gasteiger partial charge is 0.480 e. The molecule has 0 radical (unpaired) electrons. The Morgan fingerprint density at radius 1 is 1.41 bits per heavy atom. The second-order valence-electron chi connectivity index (χ2n) is 5.03. The van der Waals surface area contributed by atoms with Crippen LogP contribution in [0.4, 0.5) is 0 Å². The molecular formula is C11H22N2O3S. The number of amides is 1. The second-order valence-corrected chi connectivity index (χ2v) is 6.02. The van der Waals surface area contributed by atoms with E-state index in [2.05, 4.69) is 5.32 Å². The topological polar surface area (TPSA) is 92.4 Å². The van der Waals surface area contributed by atoms with Gasteiger partial charge < -0.3 is 16.2 Å². The molecule has 0 unspecified atom stereocenters. The molecule has 0 saturated heterocycles. The maximum Gasteiger partial charge on any atom is 0.326 e. The number of hydrogen-bond donors (Lipinski definition) is 3. The van der Waals surface area contributed by atoms with E-state index in [9.17, 15) is 9.59 Å². The van der Waals surface area contributed by atoms with E-state index in [0.29, 0.717) is 6.42 Å².